The highest BCUT2D eigenvalue weighted by molar-refractivity contribution is 8.18. The minimum absolute atomic E-state index is 0.123. The monoisotopic (exact) mass is 571 g/mol. The molecule has 1 saturated heterocycles. The van der Waals surface area contributed by atoms with Crippen LogP contribution in [0.5, 0.6) is 5.75 Å². The number of carbonyl (C=O) groups excluding carboxylic acids is 1. The number of hydrogen-bond acceptors (Lipinski definition) is 5. The zero-order valence-electron chi connectivity index (χ0n) is 23.6. The van der Waals surface area contributed by atoms with Crippen LogP contribution >= 0.6 is 11.8 Å². The lowest BCUT2D eigenvalue weighted by atomic mass is 9.76. The molecule has 42 heavy (non-hydrogen) atoms. The lowest BCUT2D eigenvalue weighted by Crippen LogP contribution is -2.37. The number of aliphatic imine (C=N–C) groups is 1. The van der Waals surface area contributed by atoms with Crippen molar-refractivity contribution in [1.29, 1.82) is 0 Å². The van der Waals surface area contributed by atoms with Gasteiger partial charge in [-0.15, -0.1) is 0 Å². The van der Waals surface area contributed by atoms with E-state index in [1.165, 1.54) is 39.7 Å². The fraction of sp³-hybridized carbons (Fsp3) is 0.222. The molecule has 0 aromatic heterocycles. The van der Waals surface area contributed by atoms with E-state index in [2.05, 4.69) is 83.0 Å². The molecule has 5 nitrogen and oxygen atoms in total. The summed E-state index contributed by atoms with van der Waals surface area (Å²) in [6.45, 7) is 4.70. The summed E-state index contributed by atoms with van der Waals surface area (Å²) in [5, 5.41) is 3.61. The Bertz CT molecular complexity index is 1590. The van der Waals surface area contributed by atoms with E-state index in [1.54, 1.807) is 0 Å². The Hall–Kier alpha value is -4.29. The van der Waals surface area contributed by atoms with Gasteiger partial charge in [0, 0.05) is 30.6 Å². The fourth-order valence-electron chi connectivity index (χ4n) is 6.48. The first kappa shape index (κ1) is 26.6. The second-order valence-electron chi connectivity index (χ2n) is 10.9. The highest BCUT2D eigenvalue weighted by Gasteiger charge is 2.35. The van der Waals surface area contributed by atoms with Gasteiger partial charge in [0.05, 0.1) is 17.2 Å². The van der Waals surface area contributed by atoms with Crippen LogP contribution < -0.4 is 15.0 Å². The number of hydrogen-bond donors (Lipinski definition) is 1. The van der Waals surface area contributed by atoms with Crippen LogP contribution in [0.25, 0.3) is 6.08 Å². The molecule has 210 valence electrons. The van der Waals surface area contributed by atoms with Crippen molar-refractivity contribution < 1.29 is 9.53 Å². The second kappa shape index (κ2) is 11.5. The van der Waals surface area contributed by atoms with Gasteiger partial charge >= 0.3 is 0 Å². The number of thioether (sulfide) groups is 1. The number of benzene rings is 4. The summed E-state index contributed by atoms with van der Waals surface area (Å²) in [4.78, 5) is 21.2. The summed E-state index contributed by atoms with van der Waals surface area (Å²) in [6, 6.07) is 34.0. The number of nitrogens with zero attached hydrogens (tertiary/aromatic N) is 2. The van der Waals surface area contributed by atoms with Gasteiger partial charge in [0.2, 0.25) is 0 Å². The van der Waals surface area contributed by atoms with Gasteiger partial charge in [0.1, 0.15) is 5.75 Å². The van der Waals surface area contributed by atoms with Crippen LogP contribution in [0.1, 0.15) is 59.4 Å². The molecule has 3 heterocycles. The van der Waals surface area contributed by atoms with Gasteiger partial charge in [-0.05, 0) is 89.7 Å². The molecular formula is C36H33N3O2S. The number of ether oxygens (including phenoxy) is 1. The highest BCUT2D eigenvalue weighted by Crippen LogP contribution is 2.50. The van der Waals surface area contributed by atoms with Crippen LogP contribution in [0.4, 0.5) is 11.4 Å². The summed E-state index contributed by atoms with van der Waals surface area (Å²) in [6.07, 6.45) is 4.06. The molecule has 0 unspecified atom stereocenters. The predicted octanol–water partition coefficient (Wildman–Crippen LogP) is 7.85. The van der Waals surface area contributed by atoms with Crippen LogP contribution in [0.2, 0.25) is 0 Å². The normalized spacial score (nSPS) is 21.4. The molecule has 1 amide bonds. The van der Waals surface area contributed by atoms with E-state index in [9.17, 15) is 4.79 Å². The molecule has 0 bridgehead atoms. The van der Waals surface area contributed by atoms with Crippen molar-refractivity contribution in [3.8, 4) is 5.75 Å². The Morgan fingerprint density at radius 2 is 1.48 bits per heavy atom. The minimum atomic E-state index is -0.123. The fourth-order valence-corrected chi connectivity index (χ4v) is 7.32. The third-order valence-electron chi connectivity index (χ3n) is 8.37. The van der Waals surface area contributed by atoms with E-state index in [-0.39, 0.29) is 5.91 Å². The minimum Gasteiger partial charge on any atom is -0.494 e. The highest BCUT2D eigenvalue weighted by atomic mass is 32.2. The number of rotatable bonds is 6. The van der Waals surface area contributed by atoms with Crippen LogP contribution in [-0.4, -0.2) is 30.8 Å². The van der Waals surface area contributed by atoms with Crippen molar-refractivity contribution in [2.45, 2.75) is 31.6 Å². The van der Waals surface area contributed by atoms with E-state index in [0.717, 1.165) is 42.9 Å². The van der Waals surface area contributed by atoms with Crippen LogP contribution in [-0.2, 0) is 4.79 Å². The van der Waals surface area contributed by atoms with Gasteiger partial charge in [-0.25, -0.2) is 4.99 Å². The number of nitrogens with one attached hydrogen (secondary N) is 1. The molecule has 4 aromatic rings. The largest absolute Gasteiger partial charge is 0.494 e. The van der Waals surface area contributed by atoms with Gasteiger partial charge in [0.25, 0.3) is 5.91 Å². The molecule has 2 atom stereocenters. The topological polar surface area (TPSA) is 53.9 Å². The molecule has 4 aromatic carbocycles. The third-order valence-corrected chi connectivity index (χ3v) is 9.28. The number of amidine groups is 1. The van der Waals surface area contributed by atoms with Gasteiger partial charge in [0.15, 0.2) is 5.17 Å². The quantitative estimate of drug-likeness (QED) is 0.240. The molecule has 1 N–H and O–H groups in total. The van der Waals surface area contributed by atoms with E-state index >= 15 is 0 Å². The summed E-state index contributed by atoms with van der Waals surface area (Å²) < 4.78 is 5.55. The smallest absolute Gasteiger partial charge is 0.264 e. The summed E-state index contributed by atoms with van der Waals surface area (Å²) in [7, 11) is 0. The molecule has 7 rings (SSSR count). The van der Waals surface area contributed by atoms with E-state index in [1.807, 2.05) is 37.3 Å². The maximum atomic E-state index is 12.9. The van der Waals surface area contributed by atoms with Crippen molar-refractivity contribution in [3.63, 3.8) is 0 Å². The van der Waals surface area contributed by atoms with Gasteiger partial charge in [-0.2, -0.15) is 0 Å². The molecule has 3 aliphatic heterocycles. The SMILES string of the molecule is CCOc1ccc(/C=C2\SC(=Nc3cc4c5c(c3)[C@H](c3ccccc3)CCN5CC[C@H]4c3ccccc3)NC2=O)cc1. The summed E-state index contributed by atoms with van der Waals surface area (Å²) >= 11 is 1.39. The summed E-state index contributed by atoms with van der Waals surface area (Å²) in [5.41, 5.74) is 8.57. The first-order chi connectivity index (χ1) is 20.7. The molecule has 0 aliphatic carbocycles. The first-order valence-corrected chi connectivity index (χ1v) is 15.5. The molecule has 1 fully saturated rings. The number of amides is 1. The van der Waals surface area contributed by atoms with Crippen molar-refractivity contribution >= 4 is 40.3 Å². The predicted molar refractivity (Wildman–Crippen MR) is 173 cm³/mol. The molecule has 0 saturated carbocycles. The molecular weight excluding hydrogens is 538 g/mol. The van der Waals surface area contributed by atoms with E-state index < -0.39 is 0 Å². The Morgan fingerprint density at radius 3 is 2.05 bits per heavy atom. The number of anilines is 1. The first-order valence-electron chi connectivity index (χ1n) is 14.7. The standard InChI is InChI=1S/C36H33N3O2S/c1-2-41-28-15-13-24(14-16-28)21-33-35(40)38-36(42-33)37-27-22-31-29(25-9-5-3-6-10-25)17-19-39-20-18-30(32(23-27)34(31)39)26-11-7-4-8-12-26/h3-16,21-23,29-30H,2,17-20H2,1H3,(H,37,38,40)/b33-21-/t29-,30-/m0/s1. The van der Waals surface area contributed by atoms with Crippen molar-refractivity contribution in [2.24, 2.45) is 4.99 Å². The Kier molecular flexibility index (Phi) is 7.30. The third kappa shape index (κ3) is 5.23. The molecule has 0 radical (unpaired) electrons. The summed E-state index contributed by atoms with van der Waals surface area (Å²) in [5.74, 6) is 1.32. The van der Waals surface area contributed by atoms with E-state index in [4.69, 9.17) is 9.73 Å². The molecule has 3 aliphatic rings. The van der Waals surface area contributed by atoms with Crippen LogP contribution in [0.3, 0.4) is 0 Å². The second-order valence-corrected chi connectivity index (χ2v) is 12.0. The Morgan fingerprint density at radius 1 is 0.881 bits per heavy atom. The maximum Gasteiger partial charge on any atom is 0.264 e. The van der Waals surface area contributed by atoms with E-state index in [0.29, 0.717) is 28.5 Å². The van der Waals surface area contributed by atoms with Crippen LogP contribution in [0, 0.1) is 0 Å². The van der Waals surface area contributed by atoms with Crippen molar-refractivity contribution in [3.05, 3.63) is 130 Å². The zero-order valence-corrected chi connectivity index (χ0v) is 24.4. The van der Waals surface area contributed by atoms with Gasteiger partial charge in [-0.1, -0.05) is 72.8 Å². The van der Waals surface area contributed by atoms with Gasteiger partial charge in [-0.3, -0.25) is 4.79 Å². The average Bonchev–Trinajstić information content (AvgIpc) is 3.37. The zero-order chi connectivity index (χ0) is 28.5. The van der Waals surface area contributed by atoms with Crippen molar-refractivity contribution in [2.75, 3.05) is 24.6 Å². The van der Waals surface area contributed by atoms with Crippen LogP contribution in [0.15, 0.2) is 107 Å². The lowest BCUT2D eigenvalue weighted by molar-refractivity contribution is -0.115. The number of carbonyl (C=O) groups is 1. The Balaban J connectivity index is 1.27. The Labute approximate surface area is 251 Å². The average molecular weight is 572 g/mol. The van der Waals surface area contributed by atoms with Crippen molar-refractivity contribution in [1.82, 2.24) is 5.32 Å². The maximum absolute atomic E-state index is 12.9. The lowest BCUT2D eigenvalue weighted by Gasteiger charge is -2.43. The molecule has 0 spiro atoms. The van der Waals surface area contributed by atoms with Gasteiger partial charge < -0.3 is 15.0 Å². The molecule has 6 heteroatoms.